The minimum absolute atomic E-state index is 0.0270. The summed E-state index contributed by atoms with van der Waals surface area (Å²) in [6.45, 7) is 1.88. The molecule has 1 heterocycles. The van der Waals surface area contributed by atoms with E-state index in [2.05, 4.69) is 4.90 Å². The maximum atomic E-state index is 13.0. The van der Waals surface area contributed by atoms with E-state index in [-0.39, 0.29) is 23.8 Å². The highest BCUT2D eigenvalue weighted by molar-refractivity contribution is 6.33. The number of amides is 1. The number of carbonyl (C=O) groups is 2. The summed E-state index contributed by atoms with van der Waals surface area (Å²) >= 11 is 6.21. The van der Waals surface area contributed by atoms with Gasteiger partial charge >= 0.3 is 5.97 Å². The van der Waals surface area contributed by atoms with E-state index < -0.39 is 11.8 Å². The summed E-state index contributed by atoms with van der Waals surface area (Å²) in [6.07, 6.45) is 0. The summed E-state index contributed by atoms with van der Waals surface area (Å²) in [5, 5.41) is 0.670. The molecule has 0 radical (unpaired) electrons. The van der Waals surface area contributed by atoms with Crippen molar-refractivity contribution < 1.29 is 18.7 Å². The Labute approximate surface area is 161 Å². The van der Waals surface area contributed by atoms with E-state index in [0.29, 0.717) is 31.2 Å². The molecule has 1 saturated heterocycles. The van der Waals surface area contributed by atoms with E-state index in [1.807, 2.05) is 24.3 Å². The molecule has 2 aromatic carbocycles. The first kappa shape index (κ1) is 19.0. The van der Waals surface area contributed by atoms with Crippen LogP contribution in [-0.2, 0) is 9.53 Å². The zero-order chi connectivity index (χ0) is 19.4. The van der Waals surface area contributed by atoms with Gasteiger partial charge in [0.15, 0.2) is 6.61 Å². The molecule has 2 N–H and O–H groups in total. The lowest BCUT2D eigenvalue weighted by molar-refractivity contribution is -0.134. The molecule has 27 heavy (non-hydrogen) atoms. The predicted molar refractivity (Wildman–Crippen MR) is 101 cm³/mol. The third-order valence-electron chi connectivity index (χ3n) is 4.39. The van der Waals surface area contributed by atoms with Crippen LogP contribution in [0.1, 0.15) is 10.4 Å². The van der Waals surface area contributed by atoms with Crippen LogP contribution in [-0.4, -0.2) is 49.6 Å². The number of piperazine rings is 1. The molecule has 0 atom stereocenters. The first-order valence-electron chi connectivity index (χ1n) is 8.45. The van der Waals surface area contributed by atoms with Crippen molar-refractivity contribution in [3.05, 3.63) is 58.9 Å². The van der Waals surface area contributed by atoms with Gasteiger partial charge in [-0.1, -0.05) is 23.7 Å². The van der Waals surface area contributed by atoms with Crippen molar-refractivity contribution >= 4 is 34.9 Å². The van der Waals surface area contributed by atoms with Crippen LogP contribution in [0, 0.1) is 5.82 Å². The van der Waals surface area contributed by atoms with Gasteiger partial charge in [0.05, 0.1) is 16.3 Å². The average molecular weight is 392 g/mol. The van der Waals surface area contributed by atoms with Crippen LogP contribution in [0.3, 0.4) is 0 Å². The van der Waals surface area contributed by atoms with Crippen LogP contribution in [0.5, 0.6) is 0 Å². The van der Waals surface area contributed by atoms with Crippen LogP contribution in [0.15, 0.2) is 42.5 Å². The molecule has 1 aliphatic rings. The highest BCUT2D eigenvalue weighted by atomic mass is 35.5. The standard InChI is InChI=1S/C19H19ClFN3O3/c20-15-3-1-2-4-17(15)23-7-9-24(10-8-23)18(25)12-27-19(26)14-6-5-13(21)11-16(14)22/h1-6,11H,7-10,12,22H2. The number of nitrogen functional groups attached to an aromatic ring is 1. The number of nitrogens with two attached hydrogens (primary N) is 1. The Bertz CT molecular complexity index is 854. The van der Waals surface area contributed by atoms with Gasteiger partial charge in [0.2, 0.25) is 0 Å². The zero-order valence-electron chi connectivity index (χ0n) is 14.5. The number of nitrogens with zero attached hydrogens (tertiary/aromatic N) is 2. The molecule has 1 amide bonds. The number of esters is 1. The maximum Gasteiger partial charge on any atom is 0.340 e. The van der Waals surface area contributed by atoms with E-state index in [4.69, 9.17) is 22.1 Å². The lowest BCUT2D eigenvalue weighted by Gasteiger charge is -2.36. The monoisotopic (exact) mass is 391 g/mol. The van der Waals surface area contributed by atoms with Crippen LogP contribution in [0.25, 0.3) is 0 Å². The van der Waals surface area contributed by atoms with Gasteiger partial charge < -0.3 is 20.3 Å². The second kappa shape index (κ2) is 8.26. The van der Waals surface area contributed by atoms with Crippen LogP contribution in [0.2, 0.25) is 5.02 Å². The largest absolute Gasteiger partial charge is 0.452 e. The zero-order valence-corrected chi connectivity index (χ0v) is 15.3. The van der Waals surface area contributed by atoms with E-state index in [0.717, 1.165) is 17.8 Å². The number of hydrogen-bond acceptors (Lipinski definition) is 5. The smallest absolute Gasteiger partial charge is 0.340 e. The number of carbonyl (C=O) groups excluding carboxylic acids is 2. The molecular formula is C19H19ClFN3O3. The van der Waals surface area contributed by atoms with E-state index >= 15 is 0 Å². The Balaban J connectivity index is 1.51. The number of halogens is 2. The van der Waals surface area contributed by atoms with Crippen molar-refractivity contribution in [3.8, 4) is 0 Å². The predicted octanol–water partition coefficient (Wildman–Crippen LogP) is 2.57. The van der Waals surface area contributed by atoms with Crippen molar-refractivity contribution in [1.29, 1.82) is 0 Å². The van der Waals surface area contributed by atoms with Crippen molar-refractivity contribution in [2.45, 2.75) is 0 Å². The highest BCUT2D eigenvalue weighted by Crippen LogP contribution is 2.26. The van der Waals surface area contributed by atoms with Gasteiger partial charge in [-0.2, -0.15) is 0 Å². The van der Waals surface area contributed by atoms with Crippen molar-refractivity contribution in [2.24, 2.45) is 0 Å². The van der Waals surface area contributed by atoms with E-state index in [1.165, 1.54) is 6.07 Å². The first-order valence-corrected chi connectivity index (χ1v) is 8.83. The normalized spacial score (nSPS) is 14.1. The van der Waals surface area contributed by atoms with Gasteiger partial charge in [0.1, 0.15) is 5.82 Å². The van der Waals surface area contributed by atoms with E-state index in [9.17, 15) is 14.0 Å². The number of benzene rings is 2. The molecule has 0 bridgehead atoms. The van der Waals surface area contributed by atoms with Crippen LogP contribution >= 0.6 is 11.6 Å². The van der Waals surface area contributed by atoms with Gasteiger partial charge in [0, 0.05) is 31.9 Å². The van der Waals surface area contributed by atoms with Gasteiger partial charge in [-0.3, -0.25) is 4.79 Å². The molecule has 0 saturated carbocycles. The third-order valence-corrected chi connectivity index (χ3v) is 4.71. The minimum Gasteiger partial charge on any atom is -0.452 e. The van der Waals surface area contributed by atoms with Crippen molar-refractivity contribution in [2.75, 3.05) is 43.4 Å². The quantitative estimate of drug-likeness (QED) is 0.640. The van der Waals surface area contributed by atoms with Gasteiger partial charge in [0.25, 0.3) is 5.91 Å². The molecule has 142 valence electrons. The Morgan fingerprint density at radius 2 is 1.81 bits per heavy atom. The van der Waals surface area contributed by atoms with E-state index in [1.54, 1.807) is 4.90 Å². The summed E-state index contributed by atoms with van der Waals surface area (Å²) in [5.74, 6) is -1.59. The summed E-state index contributed by atoms with van der Waals surface area (Å²) in [5.41, 5.74) is 6.54. The summed E-state index contributed by atoms with van der Waals surface area (Å²) < 4.78 is 18.1. The van der Waals surface area contributed by atoms with Crippen LogP contribution in [0.4, 0.5) is 15.8 Å². The molecule has 8 heteroatoms. The topological polar surface area (TPSA) is 75.9 Å². The summed E-state index contributed by atoms with van der Waals surface area (Å²) in [7, 11) is 0. The van der Waals surface area contributed by atoms with Gasteiger partial charge in [-0.25, -0.2) is 9.18 Å². The second-order valence-corrected chi connectivity index (χ2v) is 6.53. The Morgan fingerprint density at radius 3 is 2.48 bits per heavy atom. The molecule has 3 rings (SSSR count). The van der Waals surface area contributed by atoms with Gasteiger partial charge in [-0.15, -0.1) is 0 Å². The van der Waals surface area contributed by atoms with Crippen molar-refractivity contribution in [1.82, 2.24) is 4.90 Å². The fourth-order valence-electron chi connectivity index (χ4n) is 2.92. The number of rotatable bonds is 4. The molecular weight excluding hydrogens is 373 g/mol. The number of anilines is 2. The molecule has 6 nitrogen and oxygen atoms in total. The molecule has 1 aliphatic heterocycles. The fourth-order valence-corrected chi connectivity index (χ4v) is 3.18. The lowest BCUT2D eigenvalue weighted by Crippen LogP contribution is -2.50. The first-order chi connectivity index (χ1) is 13.0. The Morgan fingerprint density at radius 1 is 1.11 bits per heavy atom. The third kappa shape index (κ3) is 4.49. The molecule has 0 aliphatic carbocycles. The minimum atomic E-state index is -0.754. The maximum absolute atomic E-state index is 13.0. The van der Waals surface area contributed by atoms with Gasteiger partial charge in [-0.05, 0) is 30.3 Å². The molecule has 2 aromatic rings. The lowest BCUT2D eigenvalue weighted by atomic mass is 10.2. The molecule has 0 unspecified atom stereocenters. The molecule has 0 spiro atoms. The summed E-state index contributed by atoms with van der Waals surface area (Å²) in [4.78, 5) is 28.1. The number of ether oxygens (including phenoxy) is 1. The molecule has 0 aromatic heterocycles. The fraction of sp³-hybridized carbons (Fsp3) is 0.263. The van der Waals surface area contributed by atoms with Crippen LogP contribution < -0.4 is 10.6 Å². The molecule has 1 fully saturated rings. The average Bonchev–Trinajstić information content (AvgIpc) is 2.66. The second-order valence-electron chi connectivity index (χ2n) is 6.13. The Kier molecular flexibility index (Phi) is 5.81. The SMILES string of the molecule is Nc1cc(F)ccc1C(=O)OCC(=O)N1CCN(c2ccccc2Cl)CC1. The summed E-state index contributed by atoms with van der Waals surface area (Å²) in [6, 6.07) is 10.9. The number of hydrogen-bond donors (Lipinski definition) is 1. The Hall–Kier alpha value is -2.80. The van der Waals surface area contributed by atoms with Crippen molar-refractivity contribution in [3.63, 3.8) is 0 Å². The highest BCUT2D eigenvalue weighted by Gasteiger charge is 2.23. The number of para-hydroxylation sites is 1.